The highest BCUT2D eigenvalue weighted by molar-refractivity contribution is 5.45. The number of anilines is 1. The molecule has 1 atom stereocenters. The average molecular weight is 296 g/mol. The predicted molar refractivity (Wildman–Crippen MR) is 90.2 cm³/mol. The van der Waals surface area contributed by atoms with Gasteiger partial charge in [0.15, 0.2) is 0 Å². The SMILES string of the molecule is Cc1cc(N2CCCCCC2)ncc1[C@@H](O)c1ccccc1. The van der Waals surface area contributed by atoms with Crippen LogP contribution in [0.25, 0.3) is 0 Å². The summed E-state index contributed by atoms with van der Waals surface area (Å²) < 4.78 is 0. The van der Waals surface area contributed by atoms with Crippen LogP contribution in [0, 0.1) is 6.92 Å². The van der Waals surface area contributed by atoms with E-state index in [2.05, 4.69) is 22.9 Å². The molecular formula is C19H24N2O. The van der Waals surface area contributed by atoms with Crippen LogP contribution in [0.1, 0.15) is 48.5 Å². The smallest absolute Gasteiger partial charge is 0.128 e. The normalized spacial score (nSPS) is 17.1. The molecule has 1 aliphatic heterocycles. The summed E-state index contributed by atoms with van der Waals surface area (Å²) in [5, 5.41) is 10.6. The third-order valence-corrected chi connectivity index (χ3v) is 4.48. The Hall–Kier alpha value is -1.87. The lowest BCUT2D eigenvalue weighted by atomic mass is 9.99. The highest BCUT2D eigenvalue weighted by Gasteiger charge is 2.16. The minimum Gasteiger partial charge on any atom is -0.384 e. The van der Waals surface area contributed by atoms with Crippen molar-refractivity contribution >= 4 is 5.82 Å². The molecule has 0 bridgehead atoms. The Bertz CT molecular complexity index is 604. The number of benzene rings is 1. The Labute approximate surface area is 132 Å². The maximum Gasteiger partial charge on any atom is 0.128 e. The van der Waals surface area contributed by atoms with Crippen LogP contribution in [-0.4, -0.2) is 23.2 Å². The van der Waals surface area contributed by atoms with Gasteiger partial charge in [-0.1, -0.05) is 43.2 Å². The fraction of sp³-hybridized carbons (Fsp3) is 0.421. The summed E-state index contributed by atoms with van der Waals surface area (Å²) >= 11 is 0. The second-order valence-electron chi connectivity index (χ2n) is 6.11. The van der Waals surface area contributed by atoms with Crippen molar-refractivity contribution < 1.29 is 5.11 Å². The van der Waals surface area contributed by atoms with Crippen LogP contribution in [0.4, 0.5) is 5.82 Å². The highest BCUT2D eigenvalue weighted by Crippen LogP contribution is 2.27. The fourth-order valence-corrected chi connectivity index (χ4v) is 3.13. The van der Waals surface area contributed by atoms with Crippen molar-refractivity contribution in [2.24, 2.45) is 0 Å². The van der Waals surface area contributed by atoms with Crippen LogP contribution in [0.2, 0.25) is 0 Å². The van der Waals surface area contributed by atoms with E-state index >= 15 is 0 Å². The van der Waals surface area contributed by atoms with Crippen LogP contribution in [0.15, 0.2) is 42.6 Å². The minimum absolute atomic E-state index is 0.605. The summed E-state index contributed by atoms with van der Waals surface area (Å²) in [5.74, 6) is 1.04. The van der Waals surface area contributed by atoms with E-state index in [0.717, 1.165) is 35.6 Å². The van der Waals surface area contributed by atoms with Gasteiger partial charge in [-0.2, -0.15) is 0 Å². The number of aliphatic hydroxyl groups excluding tert-OH is 1. The molecule has 3 heteroatoms. The Morgan fingerprint density at radius 3 is 2.36 bits per heavy atom. The molecule has 3 nitrogen and oxygen atoms in total. The molecule has 1 fully saturated rings. The number of hydrogen-bond donors (Lipinski definition) is 1. The van der Waals surface area contributed by atoms with Crippen molar-refractivity contribution in [1.82, 2.24) is 4.98 Å². The fourth-order valence-electron chi connectivity index (χ4n) is 3.13. The maximum absolute atomic E-state index is 10.6. The highest BCUT2D eigenvalue weighted by atomic mass is 16.3. The molecule has 3 rings (SSSR count). The number of aromatic nitrogens is 1. The Morgan fingerprint density at radius 1 is 1.05 bits per heavy atom. The Morgan fingerprint density at radius 2 is 1.73 bits per heavy atom. The predicted octanol–water partition coefficient (Wildman–Crippen LogP) is 3.85. The Kier molecular flexibility index (Phi) is 4.74. The van der Waals surface area contributed by atoms with E-state index in [0.29, 0.717) is 0 Å². The number of hydrogen-bond acceptors (Lipinski definition) is 3. The zero-order chi connectivity index (χ0) is 15.4. The zero-order valence-electron chi connectivity index (χ0n) is 13.2. The molecule has 1 aromatic carbocycles. The summed E-state index contributed by atoms with van der Waals surface area (Å²) in [4.78, 5) is 6.99. The number of pyridine rings is 1. The molecule has 2 heterocycles. The van der Waals surface area contributed by atoms with Gasteiger partial charge >= 0.3 is 0 Å². The van der Waals surface area contributed by atoms with E-state index in [1.54, 1.807) is 0 Å². The molecule has 1 saturated heterocycles. The van der Waals surface area contributed by atoms with Gasteiger partial charge < -0.3 is 10.0 Å². The van der Waals surface area contributed by atoms with Crippen LogP contribution < -0.4 is 4.90 Å². The van der Waals surface area contributed by atoms with E-state index in [1.807, 2.05) is 36.5 Å². The van der Waals surface area contributed by atoms with Crippen LogP contribution in [0.3, 0.4) is 0 Å². The van der Waals surface area contributed by atoms with E-state index in [-0.39, 0.29) is 0 Å². The molecule has 0 aliphatic carbocycles. The van der Waals surface area contributed by atoms with E-state index in [1.165, 1.54) is 25.7 Å². The molecule has 1 N–H and O–H groups in total. The third kappa shape index (κ3) is 3.30. The first kappa shape index (κ1) is 15.0. The largest absolute Gasteiger partial charge is 0.384 e. The first-order chi connectivity index (χ1) is 10.8. The third-order valence-electron chi connectivity index (χ3n) is 4.48. The van der Waals surface area contributed by atoms with Crippen molar-refractivity contribution in [3.63, 3.8) is 0 Å². The molecular weight excluding hydrogens is 272 g/mol. The quantitative estimate of drug-likeness (QED) is 0.934. The van der Waals surface area contributed by atoms with Gasteiger partial charge in [0.2, 0.25) is 0 Å². The molecule has 0 saturated carbocycles. The second-order valence-corrected chi connectivity index (χ2v) is 6.11. The van der Waals surface area contributed by atoms with Gasteiger partial charge in [-0.3, -0.25) is 0 Å². The summed E-state index contributed by atoms with van der Waals surface area (Å²) in [5.41, 5.74) is 2.91. The lowest BCUT2D eigenvalue weighted by molar-refractivity contribution is 0.219. The van der Waals surface area contributed by atoms with Crippen molar-refractivity contribution in [2.75, 3.05) is 18.0 Å². The second kappa shape index (κ2) is 6.93. The number of rotatable bonds is 3. The van der Waals surface area contributed by atoms with Crippen molar-refractivity contribution in [3.8, 4) is 0 Å². The molecule has 0 radical (unpaired) electrons. The summed E-state index contributed by atoms with van der Waals surface area (Å²) in [6.07, 6.45) is 6.37. The molecule has 0 unspecified atom stereocenters. The lowest BCUT2D eigenvalue weighted by Gasteiger charge is -2.23. The van der Waals surface area contributed by atoms with Gasteiger partial charge in [-0.15, -0.1) is 0 Å². The Balaban J connectivity index is 1.82. The first-order valence-corrected chi connectivity index (χ1v) is 8.20. The molecule has 22 heavy (non-hydrogen) atoms. The summed E-state index contributed by atoms with van der Waals surface area (Å²) in [6, 6.07) is 11.9. The van der Waals surface area contributed by atoms with E-state index in [4.69, 9.17) is 0 Å². The van der Waals surface area contributed by atoms with Crippen molar-refractivity contribution in [2.45, 2.75) is 38.7 Å². The van der Waals surface area contributed by atoms with Crippen LogP contribution in [-0.2, 0) is 0 Å². The monoisotopic (exact) mass is 296 g/mol. The van der Waals surface area contributed by atoms with E-state index in [9.17, 15) is 5.11 Å². The summed E-state index contributed by atoms with van der Waals surface area (Å²) in [6.45, 7) is 4.24. The van der Waals surface area contributed by atoms with Gasteiger partial charge in [0.25, 0.3) is 0 Å². The molecule has 116 valence electrons. The standard InChI is InChI=1S/C19H24N2O/c1-15-13-18(21-11-7-2-3-8-12-21)20-14-17(15)19(22)16-9-5-4-6-10-16/h4-6,9-10,13-14,19,22H,2-3,7-8,11-12H2,1H3/t19-/m0/s1. The maximum atomic E-state index is 10.6. The molecule has 0 spiro atoms. The van der Waals surface area contributed by atoms with Crippen LogP contribution in [0.5, 0.6) is 0 Å². The number of aliphatic hydroxyl groups is 1. The molecule has 1 aromatic heterocycles. The van der Waals surface area contributed by atoms with Gasteiger partial charge in [0, 0.05) is 24.8 Å². The van der Waals surface area contributed by atoms with Gasteiger partial charge in [-0.25, -0.2) is 4.98 Å². The molecule has 1 aliphatic rings. The average Bonchev–Trinajstić information content (AvgIpc) is 2.84. The summed E-state index contributed by atoms with van der Waals surface area (Å²) in [7, 11) is 0. The number of nitrogens with zero attached hydrogens (tertiary/aromatic N) is 2. The molecule has 0 amide bonds. The van der Waals surface area contributed by atoms with Crippen LogP contribution >= 0.6 is 0 Å². The topological polar surface area (TPSA) is 36.4 Å². The molecule has 2 aromatic rings. The zero-order valence-corrected chi connectivity index (χ0v) is 13.2. The lowest BCUT2D eigenvalue weighted by Crippen LogP contribution is -2.25. The first-order valence-electron chi connectivity index (χ1n) is 8.20. The van der Waals surface area contributed by atoms with E-state index < -0.39 is 6.10 Å². The van der Waals surface area contributed by atoms with Crippen molar-refractivity contribution in [3.05, 3.63) is 59.3 Å². The van der Waals surface area contributed by atoms with Gasteiger partial charge in [-0.05, 0) is 37.0 Å². The van der Waals surface area contributed by atoms with Crippen molar-refractivity contribution in [1.29, 1.82) is 0 Å². The van der Waals surface area contributed by atoms with Gasteiger partial charge in [0.05, 0.1) is 0 Å². The number of aryl methyl sites for hydroxylation is 1. The minimum atomic E-state index is -0.605. The van der Waals surface area contributed by atoms with Gasteiger partial charge in [0.1, 0.15) is 11.9 Å².